The minimum absolute atomic E-state index is 1.16. The maximum Gasteiger partial charge on any atom is 0.0799 e. The van der Waals surface area contributed by atoms with Crippen molar-refractivity contribution in [3.8, 4) is 11.3 Å². The van der Waals surface area contributed by atoms with E-state index in [4.69, 9.17) is 4.98 Å². The summed E-state index contributed by atoms with van der Waals surface area (Å²) in [6.07, 6.45) is 5.85. The quantitative estimate of drug-likeness (QED) is 0.712. The van der Waals surface area contributed by atoms with E-state index in [-0.39, 0.29) is 0 Å². The van der Waals surface area contributed by atoms with Crippen LogP contribution in [-0.4, -0.2) is 13.1 Å². The smallest absolute Gasteiger partial charge is 0.0799 e. The number of hydrogen-bond acceptors (Lipinski definition) is 1. The van der Waals surface area contributed by atoms with Crippen molar-refractivity contribution in [2.75, 3.05) is 0 Å². The van der Waals surface area contributed by atoms with Crippen LogP contribution in [0.4, 0.5) is 0 Å². The molecular weight excluding hydrogens is 270 g/mol. The molecule has 0 unspecified atom stereocenters. The van der Waals surface area contributed by atoms with Gasteiger partial charge in [-0.05, 0) is 36.1 Å². The van der Waals surface area contributed by atoms with Gasteiger partial charge in [0.15, 0.2) is 0 Å². The Morgan fingerprint density at radius 2 is 1.71 bits per heavy atom. The summed E-state index contributed by atoms with van der Waals surface area (Å²) in [7, 11) is -1.35. The van der Waals surface area contributed by atoms with Crippen LogP contribution in [0.1, 0.15) is 30.9 Å². The molecule has 0 spiro atoms. The van der Waals surface area contributed by atoms with Gasteiger partial charge >= 0.3 is 0 Å². The maximum atomic E-state index is 4.82. The van der Waals surface area contributed by atoms with E-state index in [2.05, 4.69) is 70.0 Å². The molecular formula is C19H27NSi. The molecule has 112 valence electrons. The van der Waals surface area contributed by atoms with E-state index in [1.807, 2.05) is 0 Å². The number of unbranched alkanes of at least 4 members (excludes halogenated alkanes) is 1. The lowest BCUT2D eigenvalue weighted by molar-refractivity contribution is 0.793. The van der Waals surface area contributed by atoms with Crippen LogP contribution in [0.5, 0.6) is 0 Å². The molecule has 0 fully saturated rings. The van der Waals surface area contributed by atoms with Crippen LogP contribution in [0, 0.1) is 6.92 Å². The summed E-state index contributed by atoms with van der Waals surface area (Å²) < 4.78 is 0. The van der Waals surface area contributed by atoms with E-state index >= 15 is 0 Å². The van der Waals surface area contributed by atoms with Crippen molar-refractivity contribution in [2.24, 2.45) is 0 Å². The topological polar surface area (TPSA) is 12.9 Å². The van der Waals surface area contributed by atoms with Gasteiger partial charge < -0.3 is 0 Å². The van der Waals surface area contributed by atoms with Crippen molar-refractivity contribution < 1.29 is 0 Å². The summed E-state index contributed by atoms with van der Waals surface area (Å²) in [5.74, 6) is 0. The van der Waals surface area contributed by atoms with Crippen molar-refractivity contribution in [1.82, 2.24) is 4.98 Å². The summed E-state index contributed by atoms with van der Waals surface area (Å²) in [6.45, 7) is 11.8. The van der Waals surface area contributed by atoms with E-state index in [1.165, 1.54) is 35.6 Å². The van der Waals surface area contributed by atoms with Crippen LogP contribution in [-0.2, 0) is 6.42 Å². The Morgan fingerprint density at radius 3 is 2.29 bits per heavy atom. The normalized spacial score (nSPS) is 11.7. The average molecular weight is 298 g/mol. The van der Waals surface area contributed by atoms with Crippen LogP contribution in [0.3, 0.4) is 0 Å². The molecule has 0 amide bonds. The molecule has 0 bridgehead atoms. The molecule has 21 heavy (non-hydrogen) atoms. The summed E-state index contributed by atoms with van der Waals surface area (Å²) in [6, 6.07) is 10.6. The lowest BCUT2D eigenvalue weighted by atomic mass is 9.99. The monoisotopic (exact) mass is 297 g/mol. The van der Waals surface area contributed by atoms with Crippen molar-refractivity contribution in [2.45, 2.75) is 52.8 Å². The van der Waals surface area contributed by atoms with Gasteiger partial charge in [-0.15, -0.1) is 0 Å². The van der Waals surface area contributed by atoms with E-state index in [1.54, 1.807) is 5.56 Å². The Balaban J connectivity index is 2.56. The number of rotatable bonds is 5. The Hall–Kier alpha value is -1.41. The highest BCUT2D eigenvalue weighted by atomic mass is 28.3. The molecule has 0 aliphatic rings. The number of nitrogens with zero attached hydrogens (tertiary/aromatic N) is 1. The zero-order valence-electron chi connectivity index (χ0n) is 14.0. The number of hydrogen-bond donors (Lipinski definition) is 0. The SMILES string of the molecule is CCCCc1c([Si](C)(C)C)cnc(-c2ccccc2)c1C. The molecule has 1 aromatic heterocycles. The molecule has 2 rings (SSSR count). The van der Waals surface area contributed by atoms with Gasteiger partial charge in [-0.2, -0.15) is 0 Å². The third kappa shape index (κ3) is 3.62. The summed E-state index contributed by atoms with van der Waals surface area (Å²) >= 11 is 0. The summed E-state index contributed by atoms with van der Waals surface area (Å²) in [5, 5.41) is 1.54. The molecule has 1 aromatic carbocycles. The Kier molecular flexibility index (Phi) is 4.99. The highest BCUT2D eigenvalue weighted by Gasteiger charge is 2.23. The number of pyridine rings is 1. The van der Waals surface area contributed by atoms with Crippen molar-refractivity contribution >= 4 is 13.3 Å². The van der Waals surface area contributed by atoms with Crippen LogP contribution in [0.2, 0.25) is 19.6 Å². The molecule has 0 N–H and O–H groups in total. The highest BCUT2D eigenvalue weighted by molar-refractivity contribution is 6.89. The van der Waals surface area contributed by atoms with Gasteiger partial charge in [-0.25, -0.2) is 0 Å². The molecule has 1 heterocycles. The average Bonchev–Trinajstić information content (AvgIpc) is 2.45. The minimum Gasteiger partial charge on any atom is -0.256 e. The van der Waals surface area contributed by atoms with E-state index < -0.39 is 8.07 Å². The van der Waals surface area contributed by atoms with Crippen molar-refractivity contribution in [3.63, 3.8) is 0 Å². The van der Waals surface area contributed by atoms with Gasteiger partial charge in [0.1, 0.15) is 0 Å². The lowest BCUT2D eigenvalue weighted by Gasteiger charge is -2.24. The van der Waals surface area contributed by atoms with Crippen LogP contribution in [0.25, 0.3) is 11.3 Å². The molecule has 0 saturated carbocycles. The Bertz CT molecular complexity index is 597. The van der Waals surface area contributed by atoms with Gasteiger partial charge in [0.2, 0.25) is 0 Å². The number of aromatic nitrogens is 1. The second-order valence-electron chi connectivity index (χ2n) is 6.84. The third-order valence-electron chi connectivity index (χ3n) is 4.09. The van der Waals surface area contributed by atoms with Gasteiger partial charge in [-0.3, -0.25) is 4.98 Å². The predicted octanol–water partition coefficient (Wildman–Crippen LogP) is 4.94. The fourth-order valence-corrected chi connectivity index (χ4v) is 4.53. The van der Waals surface area contributed by atoms with Gasteiger partial charge in [-0.1, -0.05) is 63.3 Å². The second-order valence-corrected chi connectivity index (χ2v) is 11.9. The predicted molar refractivity (Wildman–Crippen MR) is 96.0 cm³/mol. The molecule has 2 heteroatoms. The zero-order chi connectivity index (χ0) is 15.5. The molecule has 0 aliphatic heterocycles. The summed E-state index contributed by atoms with van der Waals surface area (Å²) in [5.41, 5.74) is 5.33. The standard InChI is InChI=1S/C19H27NSi/c1-6-7-13-17-15(2)19(16-11-9-8-10-12-16)20-14-18(17)21(3,4)5/h8-12,14H,6-7,13H2,1-5H3. The fourth-order valence-electron chi connectivity index (χ4n) is 2.86. The first-order valence-electron chi connectivity index (χ1n) is 7.99. The molecule has 0 atom stereocenters. The summed E-state index contributed by atoms with van der Waals surface area (Å²) in [4.78, 5) is 4.82. The van der Waals surface area contributed by atoms with Crippen molar-refractivity contribution in [3.05, 3.63) is 47.7 Å². The highest BCUT2D eigenvalue weighted by Crippen LogP contribution is 2.24. The molecule has 2 aromatic rings. The molecule has 0 aliphatic carbocycles. The van der Waals surface area contributed by atoms with Crippen molar-refractivity contribution in [1.29, 1.82) is 0 Å². The van der Waals surface area contributed by atoms with Crippen LogP contribution < -0.4 is 5.19 Å². The largest absolute Gasteiger partial charge is 0.256 e. The van der Waals surface area contributed by atoms with Crippen LogP contribution >= 0.6 is 0 Å². The number of benzene rings is 1. The Morgan fingerprint density at radius 1 is 1.05 bits per heavy atom. The van der Waals surface area contributed by atoms with E-state index in [9.17, 15) is 0 Å². The molecule has 1 nitrogen and oxygen atoms in total. The minimum atomic E-state index is -1.35. The second kappa shape index (κ2) is 6.57. The third-order valence-corrected chi connectivity index (χ3v) is 6.14. The first kappa shape index (κ1) is 16.0. The zero-order valence-corrected chi connectivity index (χ0v) is 15.0. The lowest BCUT2D eigenvalue weighted by Crippen LogP contribution is -2.41. The van der Waals surface area contributed by atoms with E-state index in [0.29, 0.717) is 0 Å². The van der Waals surface area contributed by atoms with Gasteiger partial charge in [0, 0.05) is 11.8 Å². The van der Waals surface area contributed by atoms with Gasteiger partial charge in [0.25, 0.3) is 0 Å². The van der Waals surface area contributed by atoms with Crippen LogP contribution in [0.15, 0.2) is 36.5 Å². The van der Waals surface area contributed by atoms with E-state index in [0.717, 1.165) is 5.69 Å². The van der Waals surface area contributed by atoms with Gasteiger partial charge in [0.05, 0.1) is 13.8 Å². The first-order valence-corrected chi connectivity index (χ1v) is 11.5. The first-order chi connectivity index (χ1) is 9.95. The fraction of sp³-hybridized carbons (Fsp3) is 0.421. The molecule has 0 radical (unpaired) electrons. The molecule has 0 saturated heterocycles. The Labute approximate surface area is 130 Å². The maximum absolute atomic E-state index is 4.82.